The van der Waals surface area contributed by atoms with Crippen LogP contribution in [0.4, 0.5) is 5.82 Å². The molecule has 2 nitrogen and oxygen atoms in total. The molecule has 1 aliphatic heterocycles. The summed E-state index contributed by atoms with van der Waals surface area (Å²) in [4.78, 5) is 6.87. The maximum atomic E-state index is 4.46. The third-order valence-corrected chi connectivity index (χ3v) is 4.00. The molecule has 0 spiro atoms. The molecule has 1 fully saturated rings. The van der Waals surface area contributed by atoms with Gasteiger partial charge in [0, 0.05) is 29.1 Å². The van der Waals surface area contributed by atoms with Crippen LogP contribution in [0.15, 0.2) is 22.8 Å². The predicted molar refractivity (Wildman–Crippen MR) is 75.3 cm³/mol. The maximum Gasteiger partial charge on any atom is 0.128 e. The molecule has 2 rings (SSSR count). The fourth-order valence-electron chi connectivity index (χ4n) is 2.22. The van der Waals surface area contributed by atoms with E-state index < -0.39 is 0 Å². The van der Waals surface area contributed by atoms with E-state index >= 15 is 0 Å². The van der Waals surface area contributed by atoms with Crippen LogP contribution in [0, 0.1) is 5.92 Å². The molecule has 0 amide bonds. The lowest BCUT2D eigenvalue weighted by atomic mass is 9.96. The van der Waals surface area contributed by atoms with Crippen molar-refractivity contribution >= 4 is 37.7 Å². The number of hydrogen-bond acceptors (Lipinski definition) is 2. The third kappa shape index (κ3) is 3.20. The van der Waals surface area contributed by atoms with Crippen molar-refractivity contribution < 1.29 is 0 Å². The molecule has 88 valence electrons. The smallest absolute Gasteiger partial charge is 0.128 e. The van der Waals surface area contributed by atoms with E-state index in [-0.39, 0.29) is 0 Å². The van der Waals surface area contributed by atoms with E-state index in [2.05, 4.69) is 53.9 Å². The van der Waals surface area contributed by atoms with Crippen molar-refractivity contribution in [2.45, 2.75) is 19.3 Å². The van der Waals surface area contributed by atoms with Gasteiger partial charge in [0.25, 0.3) is 0 Å². The number of halogens is 2. The number of hydrogen-bond donors (Lipinski definition) is 0. The molecule has 1 saturated heterocycles. The van der Waals surface area contributed by atoms with Gasteiger partial charge in [0.2, 0.25) is 0 Å². The molecule has 1 aromatic heterocycles. The van der Waals surface area contributed by atoms with Gasteiger partial charge in [-0.05, 0) is 53.2 Å². The zero-order chi connectivity index (χ0) is 11.4. The minimum Gasteiger partial charge on any atom is -0.356 e. The van der Waals surface area contributed by atoms with Crippen molar-refractivity contribution in [3.63, 3.8) is 0 Å². The maximum absolute atomic E-state index is 4.46. The second kappa shape index (κ2) is 6.01. The Bertz CT molecular complexity index is 324. The Labute approximate surface area is 114 Å². The predicted octanol–water partition coefficient (Wildman–Crippen LogP) is 3.85. The van der Waals surface area contributed by atoms with Gasteiger partial charge in [-0.25, -0.2) is 4.98 Å². The highest BCUT2D eigenvalue weighted by Crippen LogP contribution is 2.24. The summed E-state index contributed by atoms with van der Waals surface area (Å²) in [6.07, 6.45) is 5.80. The summed E-state index contributed by atoms with van der Waals surface area (Å²) in [7, 11) is 0. The number of nitrogens with zero attached hydrogens (tertiary/aromatic N) is 2. The van der Waals surface area contributed by atoms with Crippen LogP contribution in [-0.2, 0) is 0 Å². The highest BCUT2D eigenvalue weighted by molar-refractivity contribution is 9.10. The Morgan fingerprint density at radius 1 is 1.44 bits per heavy atom. The highest BCUT2D eigenvalue weighted by Gasteiger charge is 2.20. The first-order valence-electron chi connectivity index (χ1n) is 5.72. The van der Waals surface area contributed by atoms with Crippen LogP contribution in [0.1, 0.15) is 19.3 Å². The molecule has 0 bridgehead atoms. The van der Waals surface area contributed by atoms with Gasteiger partial charge >= 0.3 is 0 Å². The summed E-state index contributed by atoms with van der Waals surface area (Å²) in [6, 6.07) is 4.16. The molecule has 2 heterocycles. The van der Waals surface area contributed by atoms with Crippen LogP contribution in [0.5, 0.6) is 0 Å². The molecule has 0 radical (unpaired) electrons. The van der Waals surface area contributed by atoms with E-state index in [9.17, 15) is 0 Å². The number of alkyl halides is 1. The first-order valence-corrected chi connectivity index (χ1v) is 7.63. The molecule has 0 saturated carbocycles. The summed E-state index contributed by atoms with van der Waals surface area (Å²) >= 11 is 6.95. The summed E-state index contributed by atoms with van der Waals surface area (Å²) in [6.45, 7) is 2.30. The lowest BCUT2D eigenvalue weighted by Gasteiger charge is -2.33. The molecule has 16 heavy (non-hydrogen) atoms. The second-order valence-corrected chi connectivity index (χ2v) is 5.98. The Morgan fingerprint density at radius 3 is 3.00 bits per heavy atom. The Kier molecular flexibility index (Phi) is 4.65. The van der Waals surface area contributed by atoms with Crippen molar-refractivity contribution in [2.75, 3.05) is 23.3 Å². The summed E-state index contributed by atoms with van der Waals surface area (Å²) in [5.74, 6) is 1.93. The largest absolute Gasteiger partial charge is 0.356 e. The normalized spacial score (nSPS) is 21.1. The quantitative estimate of drug-likeness (QED) is 0.772. The molecule has 4 heteroatoms. The first kappa shape index (κ1) is 12.4. The molecule has 1 aromatic rings. The number of aromatic nitrogens is 1. The molecule has 0 aromatic carbocycles. The molecule has 0 aliphatic carbocycles. The molecule has 1 aliphatic rings. The molecular formula is C12H16Br2N2. The number of anilines is 1. The SMILES string of the molecule is BrCCC1CCCN(c2ccc(Br)cn2)C1. The van der Waals surface area contributed by atoms with Crippen LogP contribution in [0.3, 0.4) is 0 Å². The fourth-order valence-corrected chi connectivity index (χ4v) is 3.10. The van der Waals surface area contributed by atoms with Crippen molar-refractivity contribution in [2.24, 2.45) is 5.92 Å². The van der Waals surface area contributed by atoms with Crippen LogP contribution in [-0.4, -0.2) is 23.4 Å². The van der Waals surface area contributed by atoms with E-state index in [4.69, 9.17) is 0 Å². The average Bonchev–Trinajstić information content (AvgIpc) is 2.31. The summed E-state index contributed by atoms with van der Waals surface area (Å²) in [5.41, 5.74) is 0. The van der Waals surface area contributed by atoms with Gasteiger partial charge in [-0.2, -0.15) is 0 Å². The minimum absolute atomic E-state index is 0.818. The lowest BCUT2D eigenvalue weighted by Crippen LogP contribution is -2.36. The Balaban J connectivity index is 2.01. The van der Waals surface area contributed by atoms with E-state index in [1.54, 1.807) is 0 Å². The van der Waals surface area contributed by atoms with Crippen molar-refractivity contribution in [3.05, 3.63) is 22.8 Å². The van der Waals surface area contributed by atoms with Crippen LogP contribution < -0.4 is 4.90 Å². The van der Waals surface area contributed by atoms with Gasteiger partial charge in [0.15, 0.2) is 0 Å². The van der Waals surface area contributed by atoms with Crippen molar-refractivity contribution in [3.8, 4) is 0 Å². The Morgan fingerprint density at radius 2 is 2.31 bits per heavy atom. The van der Waals surface area contributed by atoms with Crippen LogP contribution >= 0.6 is 31.9 Å². The van der Waals surface area contributed by atoms with E-state index in [1.165, 1.54) is 19.3 Å². The fraction of sp³-hybridized carbons (Fsp3) is 0.583. The molecule has 1 atom stereocenters. The standard InChI is InChI=1S/C12H16Br2N2/c13-6-5-10-2-1-7-16(9-10)12-4-3-11(14)8-15-12/h3-4,8,10H,1-2,5-7,9H2. The van der Waals surface area contributed by atoms with Gasteiger partial charge in [-0.3, -0.25) is 0 Å². The number of piperidine rings is 1. The number of rotatable bonds is 3. The second-order valence-electron chi connectivity index (χ2n) is 4.27. The number of pyridine rings is 1. The van der Waals surface area contributed by atoms with E-state index in [0.29, 0.717) is 0 Å². The van der Waals surface area contributed by atoms with Gasteiger partial charge in [-0.1, -0.05) is 15.9 Å². The van der Waals surface area contributed by atoms with Crippen LogP contribution in [0.2, 0.25) is 0 Å². The third-order valence-electron chi connectivity index (χ3n) is 3.07. The average molecular weight is 348 g/mol. The van der Waals surface area contributed by atoms with Gasteiger partial charge < -0.3 is 4.90 Å². The molecule has 0 N–H and O–H groups in total. The monoisotopic (exact) mass is 346 g/mol. The van der Waals surface area contributed by atoms with Gasteiger partial charge in [-0.15, -0.1) is 0 Å². The van der Waals surface area contributed by atoms with Crippen molar-refractivity contribution in [1.29, 1.82) is 0 Å². The van der Waals surface area contributed by atoms with Crippen LogP contribution in [0.25, 0.3) is 0 Å². The van der Waals surface area contributed by atoms with Gasteiger partial charge in [0.05, 0.1) is 0 Å². The highest BCUT2D eigenvalue weighted by atomic mass is 79.9. The summed E-state index contributed by atoms with van der Waals surface area (Å²) in [5, 5.41) is 1.11. The zero-order valence-corrected chi connectivity index (χ0v) is 12.4. The topological polar surface area (TPSA) is 16.1 Å². The molecular weight excluding hydrogens is 332 g/mol. The molecule has 1 unspecified atom stereocenters. The first-order chi connectivity index (χ1) is 7.79. The lowest BCUT2D eigenvalue weighted by molar-refractivity contribution is 0.406. The zero-order valence-electron chi connectivity index (χ0n) is 9.20. The van der Waals surface area contributed by atoms with Gasteiger partial charge in [0.1, 0.15) is 5.82 Å². The van der Waals surface area contributed by atoms with E-state index in [1.807, 2.05) is 6.20 Å². The Hall–Kier alpha value is -0.0900. The minimum atomic E-state index is 0.818. The summed E-state index contributed by atoms with van der Waals surface area (Å²) < 4.78 is 1.05. The van der Waals surface area contributed by atoms with E-state index in [0.717, 1.165) is 34.6 Å². The van der Waals surface area contributed by atoms with Crippen molar-refractivity contribution in [1.82, 2.24) is 4.98 Å².